The molecular formula is C28H26ClN5O2S. The first kappa shape index (κ1) is 24.9. The fraction of sp³-hybridized carbons (Fsp3) is 0.179. The number of methoxy groups -OCH3 is 1. The average Bonchev–Trinajstić information content (AvgIpc) is 3.30. The van der Waals surface area contributed by atoms with Crippen molar-refractivity contribution in [3.8, 4) is 5.75 Å². The van der Waals surface area contributed by atoms with Gasteiger partial charge >= 0.3 is 0 Å². The summed E-state index contributed by atoms with van der Waals surface area (Å²) >= 11 is 7.73. The van der Waals surface area contributed by atoms with Crippen LogP contribution in [0.3, 0.4) is 0 Å². The Morgan fingerprint density at radius 2 is 1.86 bits per heavy atom. The third kappa shape index (κ3) is 5.50. The van der Waals surface area contributed by atoms with Gasteiger partial charge in [-0.3, -0.25) is 4.79 Å². The van der Waals surface area contributed by atoms with Crippen LogP contribution in [0.25, 0.3) is 0 Å². The zero-order valence-corrected chi connectivity index (χ0v) is 22.2. The molecule has 3 aromatic carbocycles. The summed E-state index contributed by atoms with van der Waals surface area (Å²) in [7, 11) is 1.61. The number of halogens is 1. The molecule has 1 aromatic heterocycles. The maximum Gasteiger partial charge on any atom is 0.255 e. The van der Waals surface area contributed by atoms with Crippen molar-refractivity contribution in [3.63, 3.8) is 0 Å². The van der Waals surface area contributed by atoms with Crippen LogP contribution in [0.2, 0.25) is 5.02 Å². The SMILES string of the molecule is COc1ccc(NC(=O)C2=C(C)Nc3nc(SCc4cccc(C)c4)nn3[C@H]2c2ccc(Cl)cc2)cc1. The minimum absolute atomic E-state index is 0.231. The van der Waals surface area contributed by atoms with E-state index >= 15 is 0 Å². The molecule has 0 radical (unpaired) electrons. The van der Waals surface area contributed by atoms with Gasteiger partial charge in [-0.05, 0) is 61.4 Å². The molecule has 0 unspecified atom stereocenters. The van der Waals surface area contributed by atoms with E-state index in [0.717, 1.165) is 17.1 Å². The second-order valence-corrected chi connectivity index (χ2v) is 10.1. The van der Waals surface area contributed by atoms with Gasteiger partial charge in [0.1, 0.15) is 11.8 Å². The number of nitrogens with zero attached hydrogens (tertiary/aromatic N) is 3. The highest BCUT2D eigenvalue weighted by Crippen LogP contribution is 2.37. The zero-order valence-electron chi connectivity index (χ0n) is 20.7. The summed E-state index contributed by atoms with van der Waals surface area (Å²) < 4.78 is 7.00. The van der Waals surface area contributed by atoms with Crippen LogP contribution in [0, 0.1) is 6.92 Å². The number of carbonyl (C=O) groups excluding carboxylic acids is 1. The van der Waals surface area contributed by atoms with Crippen LogP contribution < -0.4 is 15.4 Å². The van der Waals surface area contributed by atoms with Crippen LogP contribution in [0.5, 0.6) is 5.75 Å². The molecule has 4 aromatic rings. The predicted molar refractivity (Wildman–Crippen MR) is 148 cm³/mol. The Kier molecular flexibility index (Phi) is 7.21. The lowest BCUT2D eigenvalue weighted by Gasteiger charge is -2.28. The summed E-state index contributed by atoms with van der Waals surface area (Å²) in [6.07, 6.45) is 0. The van der Waals surface area contributed by atoms with E-state index in [1.165, 1.54) is 11.1 Å². The largest absolute Gasteiger partial charge is 0.497 e. The number of anilines is 2. The van der Waals surface area contributed by atoms with Gasteiger partial charge in [-0.15, -0.1) is 5.10 Å². The molecule has 1 aliphatic heterocycles. The Labute approximate surface area is 224 Å². The number of nitrogens with one attached hydrogen (secondary N) is 2. The first-order chi connectivity index (χ1) is 17.9. The molecule has 0 fully saturated rings. The van der Waals surface area contributed by atoms with Gasteiger partial charge in [0.2, 0.25) is 11.1 Å². The van der Waals surface area contributed by atoms with Gasteiger partial charge in [-0.1, -0.05) is 65.3 Å². The van der Waals surface area contributed by atoms with Crippen LogP contribution >= 0.6 is 23.4 Å². The molecule has 2 heterocycles. The Hall–Kier alpha value is -3.75. The molecular weight excluding hydrogens is 506 g/mol. The number of fused-ring (bicyclic) bond motifs is 1. The zero-order chi connectivity index (χ0) is 25.9. The number of benzene rings is 3. The molecule has 7 nitrogen and oxygen atoms in total. The summed E-state index contributed by atoms with van der Waals surface area (Å²) in [6, 6.07) is 22.6. The number of aromatic nitrogens is 3. The lowest BCUT2D eigenvalue weighted by atomic mass is 9.95. The monoisotopic (exact) mass is 531 g/mol. The molecule has 188 valence electrons. The van der Waals surface area contributed by atoms with Gasteiger partial charge in [0.25, 0.3) is 5.91 Å². The number of carbonyl (C=O) groups is 1. The van der Waals surface area contributed by atoms with Gasteiger partial charge in [-0.25, -0.2) is 4.68 Å². The lowest BCUT2D eigenvalue weighted by molar-refractivity contribution is -0.113. The number of allylic oxidation sites excluding steroid dienone is 1. The van der Waals surface area contributed by atoms with Gasteiger partial charge in [-0.2, -0.15) is 4.98 Å². The quantitative estimate of drug-likeness (QED) is 0.266. The smallest absolute Gasteiger partial charge is 0.255 e. The van der Waals surface area contributed by atoms with Crippen LogP contribution in [-0.2, 0) is 10.5 Å². The molecule has 2 N–H and O–H groups in total. The van der Waals surface area contributed by atoms with Gasteiger partial charge < -0.3 is 15.4 Å². The molecule has 0 aliphatic carbocycles. The number of thioether (sulfide) groups is 1. The molecule has 1 aliphatic rings. The van der Waals surface area contributed by atoms with E-state index in [1.54, 1.807) is 47.8 Å². The Bertz CT molecular complexity index is 1460. The molecule has 9 heteroatoms. The van der Waals surface area contributed by atoms with Crippen molar-refractivity contribution in [2.75, 3.05) is 17.7 Å². The summed E-state index contributed by atoms with van der Waals surface area (Å²) in [5, 5.41) is 12.4. The third-order valence-corrected chi connectivity index (χ3v) is 7.22. The van der Waals surface area contributed by atoms with E-state index in [9.17, 15) is 4.79 Å². The van der Waals surface area contributed by atoms with Gasteiger partial charge in [0.05, 0.1) is 12.7 Å². The first-order valence-corrected chi connectivity index (χ1v) is 13.1. The second kappa shape index (κ2) is 10.7. The number of ether oxygens (including phenoxy) is 1. The van der Waals surface area contributed by atoms with E-state index in [1.807, 2.05) is 31.2 Å². The fourth-order valence-corrected chi connectivity index (χ4v) is 5.16. The van der Waals surface area contributed by atoms with Crippen molar-refractivity contribution >= 4 is 40.9 Å². The molecule has 0 saturated heterocycles. The normalized spacial score (nSPS) is 14.6. The summed E-state index contributed by atoms with van der Waals surface area (Å²) in [5.74, 6) is 1.82. The Morgan fingerprint density at radius 3 is 2.57 bits per heavy atom. The van der Waals surface area contributed by atoms with Crippen molar-refractivity contribution in [2.24, 2.45) is 0 Å². The number of hydrogen-bond donors (Lipinski definition) is 2. The molecule has 1 amide bonds. The van der Waals surface area contributed by atoms with Crippen molar-refractivity contribution in [1.82, 2.24) is 14.8 Å². The number of amides is 1. The van der Waals surface area contributed by atoms with Crippen LogP contribution in [0.4, 0.5) is 11.6 Å². The molecule has 0 saturated carbocycles. The molecule has 5 rings (SSSR count). The van der Waals surface area contributed by atoms with E-state index in [2.05, 4.69) is 41.8 Å². The Morgan fingerprint density at radius 1 is 1.11 bits per heavy atom. The third-order valence-electron chi connectivity index (χ3n) is 6.06. The van der Waals surface area contributed by atoms with E-state index in [-0.39, 0.29) is 5.91 Å². The topological polar surface area (TPSA) is 81.1 Å². The minimum Gasteiger partial charge on any atom is -0.497 e. The Balaban J connectivity index is 1.46. The lowest BCUT2D eigenvalue weighted by Crippen LogP contribution is -2.31. The molecule has 37 heavy (non-hydrogen) atoms. The van der Waals surface area contributed by atoms with Crippen molar-refractivity contribution in [2.45, 2.75) is 30.8 Å². The summed E-state index contributed by atoms with van der Waals surface area (Å²) in [6.45, 7) is 3.96. The van der Waals surface area contributed by atoms with Crippen molar-refractivity contribution < 1.29 is 9.53 Å². The van der Waals surface area contributed by atoms with Crippen molar-refractivity contribution in [1.29, 1.82) is 0 Å². The number of rotatable bonds is 7. The van der Waals surface area contributed by atoms with E-state index in [0.29, 0.717) is 33.1 Å². The number of hydrogen-bond acceptors (Lipinski definition) is 6. The van der Waals surface area contributed by atoms with Crippen LogP contribution in [-0.4, -0.2) is 27.8 Å². The highest BCUT2D eigenvalue weighted by atomic mass is 35.5. The average molecular weight is 532 g/mol. The highest BCUT2D eigenvalue weighted by molar-refractivity contribution is 7.98. The molecule has 0 spiro atoms. The van der Waals surface area contributed by atoms with E-state index in [4.69, 9.17) is 26.4 Å². The van der Waals surface area contributed by atoms with Gasteiger partial charge in [0.15, 0.2) is 0 Å². The maximum absolute atomic E-state index is 13.6. The predicted octanol–water partition coefficient (Wildman–Crippen LogP) is 6.47. The number of aryl methyl sites for hydroxylation is 1. The summed E-state index contributed by atoms with van der Waals surface area (Å²) in [5.41, 5.74) is 5.22. The van der Waals surface area contributed by atoms with Crippen molar-refractivity contribution in [3.05, 3.63) is 106 Å². The summed E-state index contributed by atoms with van der Waals surface area (Å²) in [4.78, 5) is 18.3. The highest BCUT2D eigenvalue weighted by Gasteiger charge is 2.34. The van der Waals surface area contributed by atoms with E-state index < -0.39 is 6.04 Å². The van der Waals surface area contributed by atoms with Crippen LogP contribution in [0.15, 0.2) is 89.2 Å². The molecule has 1 atom stereocenters. The first-order valence-electron chi connectivity index (χ1n) is 11.7. The minimum atomic E-state index is -0.479. The van der Waals surface area contributed by atoms with Crippen LogP contribution in [0.1, 0.15) is 29.7 Å². The fourth-order valence-electron chi connectivity index (χ4n) is 4.26. The van der Waals surface area contributed by atoms with Gasteiger partial charge in [0, 0.05) is 22.2 Å². The molecule has 0 bridgehead atoms. The maximum atomic E-state index is 13.6. The second-order valence-electron chi connectivity index (χ2n) is 8.74. The standard InChI is InChI=1S/C28H26ClN5O2S/c1-17-5-4-6-19(15-17)16-37-28-32-27-30-18(2)24(26(35)31-22-11-13-23(36-3)14-12-22)25(34(27)33-28)20-7-9-21(29)10-8-20/h4-15,25H,16H2,1-3H3,(H,31,35)(H,30,32,33)/t25-/m0/s1.